The van der Waals surface area contributed by atoms with Crippen molar-refractivity contribution >= 4 is 22.9 Å². The second-order valence-electron chi connectivity index (χ2n) is 8.20. The zero-order chi connectivity index (χ0) is 23.5. The molecule has 0 spiro atoms. The molecule has 0 aliphatic carbocycles. The van der Waals surface area contributed by atoms with Gasteiger partial charge >= 0.3 is 0 Å². The fraction of sp³-hybridized carbons (Fsp3) is 0.500. The summed E-state index contributed by atoms with van der Waals surface area (Å²) < 4.78 is 18.0. The van der Waals surface area contributed by atoms with Gasteiger partial charge in [-0.15, -0.1) is 16.9 Å². The van der Waals surface area contributed by atoms with Crippen LogP contribution < -0.4 is 20.3 Å². The van der Waals surface area contributed by atoms with Crippen LogP contribution in [0.2, 0.25) is 0 Å². The third-order valence-electron chi connectivity index (χ3n) is 5.91. The molecule has 0 saturated carbocycles. The molecule has 3 atom stereocenters. The number of aliphatic hydroxyl groups is 1. The van der Waals surface area contributed by atoms with Gasteiger partial charge in [-0.05, 0) is 25.0 Å². The first-order valence-corrected chi connectivity index (χ1v) is 12.1. The van der Waals surface area contributed by atoms with E-state index in [-0.39, 0.29) is 24.2 Å². The fourth-order valence-corrected chi connectivity index (χ4v) is 4.91. The van der Waals surface area contributed by atoms with Crippen molar-refractivity contribution in [3.63, 3.8) is 0 Å². The van der Waals surface area contributed by atoms with Gasteiger partial charge in [-0.25, -0.2) is 4.98 Å². The SMILES string of the molecule is COc1ccc2ncc(=O)n(C[C@H](O)[C@@H]3CC[C@@H](NCc4cc5c(nn4)OCCS5)CO3)c2n1. The molecular weight excluding hydrogens is 460 g/mol. The molecule has 0 bridgehead atoms. The summed E-state index contributed by atoms with van der Waals surface area (Å²) >= 11 is 1.72. The number of ether oxygens (including phenoxy) is 3. The highest BCUT2D eigenvalue weighted by atomic mass is 32.2. The minimum atomic E-state index is -0.860. The molecular formula is C22H26N6O5S. The largest absolute Gasteiger partial charge is 0.481 e. The van der Waals surface area contributed by atoms with Crippen LogP contribution in [0.15, 0.2) is 34.1 Å². The molecule has 0 radical (unpaired) electrons. The van der Waals surface area contributed by atoms with Crippen LogP contribution in [0.5, 0.6) is 11.8 Å². The molecule has 3 aromatic heterocycles. The van der Waals surface area contributed by atoms with Gasteiger partial charge < -0.3 is 24.6 Å². The number of pyridine rings is 1. The number of thioether (sulfide) groups is 1. The Kier molecular flexibility index (Phi) is 6.90. The second-order valence-corrected chi connectivity index (χ2v) is 9.34. The Labute approximate surface area is 199 Å². The summed E-state index contributed by atoms with van der Waals surface area (Å²) in [5, 5.41) is 22.7. The summed E-state index contributed by atoms with van der Waals surface area (Å²) in [6.07, 6.45) is 1.49. The number of fused-ring (bicyclic) bond motifs is 2. The maximum atomic E-state index is 12.5. The Morgan fingerprint density at radius 3 is 3.09 bits per heavy atom. The predicted molar refractivity (Wildman–Crippen MR) is 124 cm³/mol. The van der Waals surface area contributed by atoms with Crippen LogP contribution in [0, 0.1) is 0 Å². The summed E-state index contributed by atoms with van der Waals surface area (Å²) in [5.41, 5.74) is 1.44. The van der Waals surface area contributed by atoms with Gasteiger partial charge in [0.05, 0.1) is 55.9 Å². The van der Waals surface area contributed by atoms with E-state index in [0.29, 0.717) is 49.1 Å². The average molecular weight is 487 g/mol. The zero-order valence-electron chi connectivity index (χ0n) is 18.7. The normalized spacial score (nSPS) is 21.0. The molecule has 2 aliphatic heterocycles. The maximum absolute atomic E-state index is 12.5. The van der Waals surface area contributed by atoms with Gasteiger partial charge in [0.25, 0.3) is 5.56 Å². The molecule has 180 valence electrons. The summed E-state index contributed by atoms with van der Waals surface area (Å²) in [4.78, 5) is 21.9. The number of nitrogens with one attached hydrogen (secondary N) is 1. The van der Waals surface area contributed by atoms with Crippen LogP contribution in [-0.2, 0) is 17.8 Å². The first-order chi connectivity index (χ1) is 16.6. The van der Waals surface area contributed by atoms with E-state index in [9.17, 15) is 9.90 Å². The van der Waals surface area contributed by atoms with Crippen LogP contribution in [0.4, 0.5) is 0 Å². The van der Waals surface area contributed by atoms with E-state index in [0.717, 1.165) is 22.8 Å². The lowest BCUT2D eigenvalue weighted by Gasteiger charge is -2.32. The molecule has 0 unspecified atom stereocenters. The number of hydrogen-bond acceptors (Lipinski definition) is 11. The zero-order valence-corrected chi connectivity index (χ0v) is 19.5. The molecule has 5 rings (SSSR count). The summed E-state index contributed by atoms with van der Waals surface area (Å²) in [5.74, 6) is 1.89. The van der Waals surface area contributed by atoms with Gasteiger partial charge in [-0.2, -0.15) is 10.1 Å². The first kappa shape index (κ1) is 23.0. The van der Waals surface area contributed by atoms with Gasteiger partial charge in [-0.1, -0.05) is 0 Å². The monoisotopic (exact) mass is 486 g/mol. The molecule has 0 amide bonds. The summed E-state index contributed by atoms with van der Waals surface area (Å²) in [6, 6.07) is 5.56. The lowest BCUT2D eigenvalue weighted by atomic mass is 10.0. The lowest BCUT2D eigenvalue weighted by Crippen LogP contribution is -2.45. The summed E-state index contributed by atoms with van der Waals surface area (Å²) in [6.45, 7) is 1.75. The number of rotatable bonds is 7. The van der Waals surface area contributed by atoms with E-state index in [2.05, 4.69) is 25.5 Å². The molecule has 0 aromatic carbocycles. The van der Waals surface area contributed by atoms with E-state index >= 15 is 0 Å². The van der Waals surface area contributed by atoms with Gasteiger partial charge in [0, 0.05) is 24.4 Å². The minimum Gasteiger partial charge on any atom is -0.481 e. The van der Waals surface area contributed by atoms with E-state index in [1.165, 1.54) is 17.9 Å². The molecule has 5 heterocycles. The molecule has 2 N–H and O–H groups in total. The van der Waals surface area contributed by atoms with Gasteiger partial charge in [0.15, 0.2) is 5.65 Å². The van der Waals surface area contributed by atoms with Crippen molar-refractivity contribution in [2.45, 2.75) is 49.1 Å². The Morgan fingerprint density at radius 1 is 1.35 bits per heavy atom. The third kappa shape index (κ3) is 4.99. The molecule has 11 nitrogen and oxygen atoms in total. The van der Waals surface area contributed by atoms with E-state index in [4.69, 9.17) is 14.2 Å². The van der Waals surface area contributed by atoms with Crippen molar-refractivity contribution < 1.29 is 19.3 Å². The Hall–Kier alpha value is -2.80. The highest BCUT2D eigenvalue weighted by molar-refractivity contribution is 7.99. The maximum Gasteiger partial charge on any atom is 0.270 e. The Morgan fingerprint density at radius 2 is 2.26 bits per heavy atom. The van der Waals surface area contributed by atoms with Crippen LogP contribution in [-0.4, -0.2) is 74.2 Å². The van der Waals surface area contributed by atoms with E-state index in [1.807, 2.05) is 6.07 Å². The smallest absolute Gasteiger partial charge is 0.270 e. The molecule has 12 heteroatoms. The standard InChI is InChI=1S/C22H26N6O5S/c1-31-19-5-3-15-21(25-19)28(20(30)10-24-15)11-16(29)17-4-2-13(12-33-17)23-9-14-8-18-22(27-26-14)32-6-7-34-18/h3,5,8,10,13,16-17,23,29H,2,4,6-7,9,11-12H2,1H3/t13-,16+,17+/m1/s1. The highest BCUT2D eigenvalue weighted by Gasteiger charge is 2.28. The van der Waals surface area contributed by atoms with Crippen LogP contribution >= 0.6 is 11.8 Å². The van der Waals surface area contributed by atoms with Gasteiger partial charge in [-0.3, -0.25) is 9.36 Å². The fourth-order valence-electron chi connectivity index (χ4n) is 4.08. The van der Waals surface area contributed by atoms with Crippen molar-refractivity contribution in [1.82, 2.24) is 30.0 Å². The van der Waals surface area contributed by atoms with Crippen molar-refractivity contribution in [2.24, 2.45) is 0 Å². The van der Waals surface area contributed by atoms with Crippen molar-refractivity contribution in [3.05, 3.63) is 40.4 Å². The molecule has 3 aromatic rings. The molecule has 1 fully saturated rings. The quantitative estimate of drug-likeness (QED) is 0.490. The first-order valence-electron chi connectivity index (χ1n) is 11.2. The molecule has 1 saturated heterocycles. The van der Waals surface area contributed by atoms with Crippen molar-refractivity contribution in [1.29, 1.82) is 0 Å². The molecule has 2 aliphatic rings. The van der Waals surface area contributed by atoms with Crippen LogP contribution in [0.25, 0.3) is 11.2 Å². The predicted octanol–water partition coefficient (Wildman–Crippen LogP) is 0.773. The minimum absolute atomic E-state index is 0.0607. The number of aliphatic hydroxyl groups excluding tert-OH is 1. The Bertz CT molecular complexity index is 1220. The Balaban J connectivity index is 1.17. The van der Waals surface area contributed by atoms with E-state index in [1.54, 1.807) is 23.9 Å². The number of nitrogens with zero attached hydrogens (tertiary/aromatic N) is 5. The average Bonchev–Trinajstić information content (AvgIpc) is 2.89. The number of methoxy groups -OCH3 is 1. The lowest BCUT2D eigenvalue weighted by molar-refractivity contribution is -0.0771. The van der Waals surface area contributed by atoms with Gasteiger partial charge in [0.2, 0.25) is 11.8 Å². The second kappa shape index (κ2) is 10.2. The van der Waals surface area contributed by atoms with Crippen LogP contribution in [0.1, 0.15) is 18.5 Å². The van der Waals surface area contributed by atoms with Crippen molar-refractivity contribution in [3.8, 4) is 11.8 Å². The topological polar surface area (TPSA) is 134 Å². The van der Waals surface area contributed by atoms with Crippen molar-refractivity contribution in [2.75, 3.05) is 26.1 Å². The van der Waals surface area contributed by atoms with Crippen LogP contribution in [0.3, 0.4) is 0 Å². The van der Waals surface area contributed by atoms with Gasteiger partial charge in [0.1, 0.15) is 5.52 Å². The van der Waals surface area contributed by atoms with E-state index < -0.39 is 6.10 Å². The summed E-state index contributed by atoms with van der Waals surface area (Å²) in [7, 11) is 1.51. The highest BCUT2D eigenvalue weighted by Crippen LogP contribution is 2.30. The number of hydrogen-bond donors (Lipinski definition) is 2. The number of aromatic nitrogens is 5. The molecule has 34 heavy (non-hydrogen) atoms. The third-order valence-corrected chi connectivity index (χ3v) is 6.89.